The Morgan fingerprint density at radius 1 is 1.29 bits per heavy atom. The first-order valence-corrected chi connectivity index (χ1v) is 7.76. The van der Waals surface area contributed by atoms with Crippen LogP contribution in [0.3, 0.4) is 0 Å². The molecule has 2 aromatic rings. The standard InChI is InChI=1S/C16H20N2O2S/c1-4-20-14-7-5-13(6-8-14)17-16(19)18(3)11-15-12(2)9-10-21-15/h5-10H,4,11H2,1-3H3,(H,17,19). The van der Waals surface area contributed by atoms with Crippen molar-refractivity contribution in [1.82, 2.24) is 4.90 Å². The van der Waals surface area contributed by atoms with Crippen LogP contribution in [0.15, 0.2) is 35.7 Å². The van der Waals surface area contributed by atoms with E-state index in [4.69, 9.17) is 4.74 Å². The third-order valence-electron chi connectivity index (χ3n) is 3.11. The van der Waals surface area contributed by atoms with Crippen molar-refractivity contribution < 1.29 is 9.53 Å². The molecule has 0 radical (unpaired) electrons. The summed E-state index contributed by atoms with van der Waals surface area (Å²) in [4.78, 5) is 15.0. The van der Waals surface area contributed by atoms with Gasteiger partial charge in [0.1, 0.15) is 5.75 Å². The number of ether oxygens (including phenoxy) is 1. The number of anilines is 1. The van der Waals surface area contributed by atoms with Gasteiger partial charge in [-0.05, 0) is 55.1 Å². The Kier molecular flexibility index (Phi) is 5.22. The molecule has 4 nitrogen and oxygen atoms in total. The van der Waals surface area contributed by atoms with E-state index in [1.165, 1.54) is 10.4 Å². The van der Waals surface area contributed by atoms with Gasteiger partial charge in [-0.3, -0.25) is 0 Å². The molecule has 1 aromatic carbocycles. The fraction of sp³-hybridized carbons (Fsp3) is 0.312. The van der Waals surface area contributed by atoms with Crippen molar-refractivity contribution in [3.8, 4) is 5.75 Å². The zero-order chi connectivity index (χ0) is 15.2. The van der Waals surface area contributed by atoms with Crippen molar-refractivity contribution in [2.75, 3.05) is 19.0 Å². The van der Waals surface area contributed by atoms with Crippen LogP contribution in [0.4, 0.5) is 10.5 Å². The Hall–Kier alpha value is -2.01. The fourth-order valence-electron chi connectivity index (χ4n) is 1.87. The van der Waals surface area contributed by atoms with Crippen molar-refractivity contribution >= 4 is 23.1 Å². The monoisotopic (exact) mass is 304 g/mol. The Morgan fingerprint density at radius 2 is 2.00 bits per heavy atom. The molecular weight excluding hydrogens is 284 g/mol. The number of nitrogens with zero attached hydrogens (tertiary/aromatic N) is 1. The van der Waals surface area contributed by atoms with Crippen LogP contribution in [0, 0.1) is 6.92 Å². The lowest BCUT2D eigenvalue weighted by molar-refractivity contribution is 0.221. The van der Waals surface area contributed by atoms with Gasteiger partial charge in [-0.25, -0.2) is 4.79 Å². The maximum atomic E-state index is 12.1. The first kappa shape index (κ1) is 15.4. The zero-order valence-electron chi connectivity index (χ0n) is 12.6. The van der Waals surface area contributed by atoms with E-state index < -0.39 is 0 Å². The SMILES string of the molecule is CCOc1ccc(NC(=O)N(C)Cc2sccc2C)cc1. The second-order valence-corrected chi connectivity index (χ2v) is 5.77. The molecule has 0 spiro atoms. The molecule has 0 saturated heterocycles. The van der Waals surface area contributed by atoms with Crippen LogP contribution in [0.1, 0.15) is 17.4 Å². The van der Waals surface area contributed by atoms with Crippen molar-refractivity contribution in [2.45, 2.75) is 20.4 Å². The number of aryl methyl sites for hydroxylation is 1. The number of hydrogen-bond acceptors (Lipinski definition) is 3. The number of benzene rings is 1. The molecule has 0 unspecified atom stereocenters. The molecule has 0 bridgehead atoms. The first-order chi connectivity index (χ1) is 10.1. The quantitative estimate of drug-likeness (QED) is 0.903. The van der Waals surface area contributed by atoms with Crippen molar-refractivity contribution in [3.63, 3.8) is 0 Å². The second kappa shape index (κ2) is 7.13. The van der Waals surface area contributed by atoms with Crippen LogP contribution >= 0.6 is 11.3 Å². The van der Waals surface area contributed by atoms with E-state index in [2.05, 4.69) is 18.3 Å². The second-order valence-electron chi connectivity index (χ2n) is 4.77. The predicted molar refractivity (Wildman–Crippen MR) is 87.2 cm³/mol. The molecule has 0 atom stereocenters. The molecule has 5 heteroatoms. The molecule has 0 fully saturated rings. The largest absolute Gasteiger partial charge is 0.494 e. The molecule has 1 aromatic heterocycles. The average Bonchev–Trinajstić information content (AvgIpc) is 2.86. The molecule has 0 saturated carbocycles. The van der Waals surface area contributed by atoms with Crippen LogP contribution < -0.4 is 10.1 Å². The third-order valence-corrected chi connectivity index (χ3v) is 4.12. The number of amides is 2. The lowest BCUT2D eigenvalue weighted by atomic mass is 10.3. The van der Waals surface area contributed by atoms with E-state index in [0.717, 1.165) is 11.4 Å². The van der Waals surface area contributed by atoms with Crippen LogP contribution in [0.2, 0.25) is 0 Å². The van der Waals surface area contributed by atoms with E-state index in [0.29, 0.717) is 13.2 Å². The number of thiophene rings is 1. The molecule has 0 aliphatic heterocycles. The summed E-state index contributed by atoms with van der Waals surface area (Å²) in [6, 6.07) is 9.33. The van der Waals surface area contributed by atoms with Gasteiger partial charge in [-0.1, -0.05) is 0 Å². The minimum Gasteiger partial charge on any atom is -0.494 e. The highest BCUT2D eigenvalue weighted by molar-refractivity contribution is 7.10. The van der Waals surface area contributed by atoms with E-state index in [-0.39, 0.29) is 6.03 Å². The topological polar surface area (TPSA) is 41.6 Å². The van der Waals surface area contributed by atoms with E-state index in [9.17, 15) is 4.79 Å². The molecule has 2 rings (SSSR count). The van der Waals surface area contributed by atoms with Gasteiger partial charge in [-0.2, -0.15) is 0 Å². The van der Waals surface area contributed by atoms with Gasteiger partial charge >= 0.3 is 6.03 Å². The van der Waals surface area contributed by atoms with Gasteiger partial charge in [-0.15, -0.1) is 11.3 Å². The summed E-state index contributed by atoms with van der Waals surface area (Å²) in [5, 5.41) is 4.92. The summed E-state index contributed by atoms with van der Waals surface area (Å²) in [7, 11) is 1.79. The number of rotatable bonds is 5. The number of urea groups is 1. The summed E-state index contributed by atoms with van der Waals surface area (Å²) < 4.78 is 5.37. The average molecular weight is 304 g/mol. The highest BCUT2D eigenvalue weighted by atomic mass is 32.1. The van der Waals surface area contributed by atoms with Crippen LogP contribution in [-0.4, -0.2) is 24.6 Å². The lowest BCUT2D eigenvalue weighted by Crippen LogP contribution is -2.30. The van der Waals surface area contributed by atoms with Crippen LogP contribution in [0.25, 0.3) is 0 Å². The van der Waals surface area contributed by atoms with Gasteiger partial charge in [0.25, 0.3) is 0 Å². The normalized spacial score (nSPS) is 10.2. The molecule has 1 N–H and O–H groups in total. The zero-order valence-corrected chi connectivity index (χ0v) is 13.4. The Morgan fingerprint density at radius 3 is 2.57 bits per heavy atom. The first-order valence-electron chi connectivity index (χ1n) is 6.88. The van der Waals surface area contributed by atoms with Gasteiger partial charge < -0.3 is 15.0 Å². The Bertz CT molecular complexity index is 593. The number of carbonyl (C=O) groups is 1. The van der Waals surface area contributed by atoms with Gasteiger partial charge in [0.15, 0.2) is 0 Å². The molecule has 0 aliphatic rings. The smallest absolute Gasteiger partial charge is 0.321 e. The summed E-state index contributed by atoms with van der Waals surface area (Å²) in [5.41, 5.74) is 1.99. The van der Waals surface area contributed by atoms with Crippen LogP contribution in [0.5, 0.6) is 5.75 Å². The minimum atomic E-state index is -0.119. The molecule has 112 valence electrons. The van der Waals surface area contributed by atoms with Gasteiger partial charge in [0.2, 0.25) is 0 Å². The maximum absolute atomic E-state index is 12.1. The summed E-state index contributed by atoms with van der Waals surface area (Å²) in [6.45, 7) is 5.25. The molecule has 21 heavy (non-hydrogen) atoms. The maximum Gasteiger partial charge on any atom is 0.321 e. The lowest BCUT2D eigenvalue weighted by Gasteiger charge is -2.18. The van der Waals surface area contributed by atoms with Gasteiger partial charge in [0.05, 0.1) is 13.2 Å². The van der Waals surface area contributed by atoms with Crippen molar-refractivity contribution in [3.05, 3.63) is 46.2 Å². The highest BCUT2D eigenvalue weighted by Gasteiger charge is 2.11. The minimum absolute atomic E-state index is 0.119. The van der Waals surface area contributed by atoms with E-state index in [1.807, 2.05) is 36.6 Å². The number of hydrogen-bond donors (Lipinski definition) is 1. The predicted octanol–water partition coefficient (Wildman–Crippen LogP) is 4.12. The molecular formula is C16H20N2O2S. The summed E-state index contributed by atoms with van der Waals surface area (Å²) >= 11 is 1.67. The molecule has 1 heterocycles. The van der Waals surface area contributed by atoms with Crippen molar-refractivity contribution in [1.29, 1.82) is 0 Å². The third kappa shape index (κ3) is 4.23. The molecule has 0 aliphatic carbocycles. The highest BCUT2D eigenvalue weighted by Crippen LogP contribution is 2.19. The van der Waals surface area contributed by atoms with Gasteiger partial charge in [0, 0.05) is 17.6 Å². The van der Waals surface area contributed by atoms with Crippen molar-refractivity contribution in [2.24, 2.45) is 0 Å². The Balaban J connectivity index is 1.92. The number of nitrogens with one attached hydrogen (secondary N) is 1. The number of carbonyl (C=O) groups excluding carboxylic acids is 1. The van der Waals surface area contributed by atoms with Crippen LogP contribution in [-0.2, 0) is 6.54 Å². The fourth-order valence-corrected chi connectivity index (χ4v) is 2.83. The summed E-state index contributed by atoms with van der Waals surface area (Å²) in [5.74, 6) is 0.804. The van der Waals surface area contributed by atoms with E-state index in [1.54, 1.807) is 23.3 Å². The van der Waals surface area contributed by atoms with E-state index >= 15 is 0 Å². The Labute approximate surface area is 129 Å². The summed E-state index contributed by atoms with van der Waals surface area (Å²) in [6.07, 6.45) is 0. The molecule has 2 amide bonds.